The summed E-state index contributed by atoms with van der Waals surface area (Å²) in [6.45, 7) is 2.72. The number of amides is 4. The summed E-state index contributed by atoms with van der Waals surface area (Å²) in [5, 5.41) is 2.81. The maximum atomic E-state index is 12.6. The molecule has 2 saturated heterocycles. The van der Waals surface area contributed by atoms with Gasteiger partial charge in [-0.3, -0.25) is 9.59 Å². The number of urea groups is 1. The molecule has 2 atom stereocenters. The molecule has 0 aromatic heterocycles. The third kappa shape index (κ3) is 2.19. The number of hydrogen-bond acceptors (Lipinski definition) is 4. The van der Waals surface area contributed by atoms with Gasteiger partial charge in [-0.25, -0.2) is 9.69 Å². The van der Waals surface area contributed by atoms with Gasteiger partial charge in [0.15, 0.2) is 0 Å². The minimum absolute atomic E-state index is 0.00886. The van der Waals surface area contributed by atoms with Gasteiger partial charge in [0.1, 0.15) is 11.6 Å². The molecule has 1 spiro atoms. The van der Waals surface area contributed by atoms with E-state index in [-0.39, 0.29) is 17.9 Å². The lowest BCUT2D eigenvalue weighted by Crippen LogP contribution is -2.50. The van der Waals surface area contributed by atoms with Crippen LogP contribution in [0.3, 0.4) is 0 Å². The molecule has 116 valence electrons. The van der Waals surface area contributed by atoms with Crippen LogP contribution in [0.4, 0.5) is 4.79 Å². The Morgan fingerprint density at radius 3 is 2.62 bits per heavy atom. The van der Waals surface area contributed by atoms with Crippen molar-refractivity contribution in [3.05, 3.63) is 0 Å². The second-order valence-corrected chi connectivity index (χ2v) is 6.40. The second kappa shape index (κ2) is 4.98. The molecule has 2 aliphatic heterocycles. The Balaban J connectivity index is 1.75. The number of nitrogens with zero attached hydrogens (tertiary/aromatic N) is 2. The van der Waals surface area contributed by atoms with Gasteiger partial charge in [0.2, 0.25) is 5.91 Å². The molecule has 1 aliphatic carbocycles. The van der Waals surface area contributed by atoms with Gasteiger partial charge < -0.3 is 16.0 Å². The molecule has 21 heavy (non-hydrogen) atoms. The van der Waals surface area contributed by atoms with Crippen molar-refractivity contribution in [3.63, 3.8) is 0 Å². The SMILES string of the molecule is CC(C(=O)N1CC[C@@H](N)C1)N1C(=O)NC2(CCCC2)C1=O. The van der Waals surface area contributed by atoms with Gasteiger partial charge in [-0.15, -0.1) is 0 Å². The van der Waals surface area contributed by atoms with E-state index in [1.54, 1.807) is 11.8 Å². The van der Waals surface area contributed by atoms with Crippen molar-refractivity contribution in [3.8, 4) is 0 Å². The fourth-order valence-electron chi connectivity index (χ4n) is 3.67. The van der Waals surface area contributed by atoms with Crippen LogP contribution in [0.15, 0.2) is 0 Å². The van der Waals surface area contributed by atoms with Gasteiger partial charge >= 0.3 is 6.03 Å². The Hall–Kier alpha value is -1.63. The lowest BCUT2D eigenvalue weighted by atomic mass is 9.97. The van der Waals surface area contributed by atoms with Crippen molar-refractivity contribution in [1.82, 2.24) is 15.1 Å². The van der Waals surface area contributed by atoms with E-state index in [0.29, 0.717) is 25.9 Å². The van der Waals surface area contributed by atoms with Crippen molar-refractivity contribution in [1.29, 1.82) is 0 Å². The Morgan fingerprint density at radius 1 is 1.38 bits per heavy atom. The number of imide groups is 1. The molecule has 3 rings (SSSR count). The number of rotatable bonds is 2. The summed E-state index contributed by atoms with van der Waals surface area (Å²) in [6, 6.07) is -1.21. The fourth-order valence-corrected chi connectivity index (χ4v) is 3.67. The van der Waals surface area contributed by atoms with Gasteiger partial charge in [-0.05, 0) is 26.2 Å². The summed E-state index contributed by atoms with van der Waals surface area (Å²) in [6.07, 6.45) is 3.97. The molecule has 1 saturated carbocycles. The topological polar surface area (TPSA) is 95.7 Å². The van der Waals surface area contributed by atoms with Gasteiger partial charge in [-0.2, -0.15) is 0 Å². The number of likely N-dealkylation sites (tertiary alicyclic amines) is 1. The average Bonchev–Trinajstić information content (AvgIpc) is 3.12. The van der Waals surface area contributed by atoms with E-state index in [2.05, 4.69) is 5.32 Å². The Bertz CT molecular complexity index is 487. The van der Waals surface area contributed by atoms with Gasteiger partial charge in [0, 0.05) is 19.1 Å². The molecule has 7 heteroatoms. The summed E-state index contributed by atoms with van der Waals surface area (Å²) in [7, 11) is 0. The molecule has 1 unspecified atom stereocenters. The first-order chi connectivity index (χ1) is 9.94. The van der Waals surface area contributed by atoms with Crippen LogP contribution in [0, 0.1) is 0 Å². The zero-order chi connectivity index (χ0) is 15.2. The monoisotopic (exact) mass is 294 g/mol. The highest BCUT2D eigenvalue weighted by Gasteiger charge is 2.54. The zero-order valence-corrected chi connectivity index (χ0v) is 12.3. The van der Waals surface area contributed by atoms with Crippen molar-refractivity contribution in [2.45, 2.75) is 56.7 Å². The van der Waals surface area contributed by atoms with E-state index in [0.717, 1.165) is 24.2 Å². The molecule has 0 aromatic carbocycles. The quantitative estimate of drug-likeness (QED) is 0.689. The van der Waals surface area contributed by atoms with Crippen molar-refractivity contribution < 1.29 is 14.4 Å². The molecule has 0 bridgehead atoms. The number of nitrogens with two attached hydrogens (primary N) is 1. The molecular formula is C14H22N4O3. The van der Waals surface area contributed by atoms with E-state index in [9.17, 15) is 14.4 Å². The maximum absolute atomic E-state index is 12.6. The van der Waals surface area contributed by atoms with Gasteiger partial charge in [-0.1, -0.05) is 12.8 Å². The van der Waals surface area contributed by atoms with Gasteiger partial charge in [0.05, 0.1) is 0 Å². The Morgan fingerprint density at radius 2 is 2.05 bits per heavy atom. The van der Waals surface area contributed by atoms with Gasteiger partial charge in [0.25, 0.3) is 5.91 Å². The minimum atomic E-state index is -0.761. The third-order valence-electron chi connectivity index (χ3n) is 4.93. The van der Waals surface area contributed by atoms with Crippen LogP contribution in [0.5, 0.6) is 0 Å². The van der Waals surface area contributed by atoms with E-state index < -0.39 is 17.6 Å². The third-order valence-corrected chi connectivity index (χ3v) is 4.93. The first kappa shape index (κ1) is 14.3. The molecule has 2 heterocycles. The zero-order valence-electron chi connectivity index (χ0n) is 12.3. The lowest BCUT2D eigenvalue weighted by Gasteiger charge is -2.27. The number of carbonyl (C=O) groups excluding carboxylic acids is 3. The van der Waals surface area contributed by atoms with Crippen LogP contribution in [0.2, 0.25) is 0 Å². The number of hydrogen-bond donors (Lipinski definition) is 2. The predicted molar refractivity (Wildman–Crippen MR) is 75.2 cm³/mol. The Labute approximate surface area is 123 Å². The molecule has 7 nitrogen and oxygen atoms in total. The molecule has 3 N–H and O–H groups in total. The van der Waals surface area contributed by atoms with E-state index in [1.165, 1.54) is 0 Å². The number of nitrogens with one attached hydrogen (secondary N) is 1. The lowest BCUT2D eigenvalue weighted by molar-refractivity contribution is -0.142. The van der Waals surface area contributed by atoms with E-state index in [1.807, 2.05) is 0 Å². The molecule has 3 fully saturated rings. The normalized spacial score (nSPS) is 29.3. The van der Waals surface area contributed by atoms with E-state index in [4.69, 9.17) is 5.73 Å². The maximum Gasteiger partial charge on any atom is 0.325 e. The summed E-state index contributed by atoms with van der Waals surface area (Å²) < 4.78 is 0. The van der Waals surface area contributed by atoms with Crippen LogP contribution in [0.25, 0.3) is 0 Å². The molecule has 3 aliphatic rings. The summed E-state index contributed by atoms with van der Waals surface area (Å²) in [5.74, 6) is -0.434. The van der Waals surface area contributed by atoms with Crippen molar-refractivity contribution in [2.24, 2.45) is 5.73 Å². The highest BCUT2D eigenvalue weighted by Crippen LogP contribution is 2.36. The standard InChI is InChI=1S/C14H22N4O3/c1-9(11(19)17-7-4-10(15)8-17)18-12(20)14(16-13(18)21)5-2-3-6-14/h9-10H,2-8,15H2,1H3,(H,16,21)/t9?,10-/m1/s1. The average molecular weight is 294 g/mol. The van der Waals surface area contributed by atoms with Crippen LogP contribution in [0.1, 0.15) is 39.0 Å². The van der Waals surface area contributed by atoms with Crippen LogP contribution in [-0.2, 0) is 9.59 Å². The highest BCUT2D eigenvalue weighted by molar-refractivity contribution is 6.10. The molecule has 0 aromatic rings. The largest absolute Gasteiger partial charge is 0.339 e. The van der Waals surface area contributed by atoms with Crippen LogP contribution < -0.4 is 11.1 Å². The molecular weight excluding hydrogens is 272 g/mol. The summed E-state index contributed by atoms with van der Waals surface area (Å²) >= 11 is 0. The first-order valence-electron chi connectivity index (χ1n) is 7.65. The highest BCUT2D eigenvalue weighted by atomic mass is 16.2. The van der Waals surface area contributed by atoms with Crippen LogP contribution >= 0.6 is 0 Å². The molecule has 0 radical (unpaired) electrons. The smallest absolute Gasteiger partial charge is 0.325 e. The van der Waals surface area contributed by atoms with E-state index >= 15 is 0 Å². The summed E-state index contributed by atoms with van der Waals surface area (Å²) in [5.41, 5.74) is 5.05. The first-order valence-corrected chi connectivity index (χ1v) is 7.65. The van der Waals surface area contributed by atoms with Crippen LogP contribution in [-0.4, -0.2) is 58.4 Å². The second-order valence-electron chi connectivity index (χ2n) is 6.40. The minimum Gasteiger partial charge on any atom is -0.339 e. The Kier molecular flexibility index (Phi) is 3.39. The summed E-state index contributed by atoms with van der Waals surface area (Å²) in [4.78, 5) is 40.0. The fraction of sp³-hybridized carbons (Fsp3) is 0.786. The van der Waals surface area contributed by atoms with Crippen molar-refractivity contribution in [2.75, 3.05) is 13.1 Å². The number of carbonyl (C=O) groups is 3. The molecule has 4 amide bonds. The van der Waals surface area contributed by atoms with Crippen molar-refractivity contribution >= 4 is 17.8 Å². The predicted octanol–water partition coefficient (Wildman–Crippen LogP) is -0.201.